The highest BCUT2D eigenvalue weighted by Gasteiger charge is 2.11. The molecule has 4 heteroatoms. The van der Waals surface area contributed by atoms with Crippen LogP contribution in [0.5, 0.6) is 5.75 Å². The van der Waals surface area contributed by atoms with Crippen LogP contribution in [0.3, 0.4) is 0 Å². The molecule has 0 spiro atoms. The third-order valence-electron chi connectivity index (χ3n) is 2.36. The average molecular weight is 236 g/mol. The first-order chi connectivity index (χ1) is 7.63. The molecule has 1 aromatic carbocycles. The molecule has 0 N–H and O–H groups in total. The predicted octanol–water partition coefficient (Wildman–Crippen LogP) is 3.10. The zero-order chi connectivity index (χ0) is 11.7. The van der Waals surface area contributed by atoms with E-state index in [4.69, 9.17) is 16.3 Å². The molecule has 0 saturated heterocycles. The van der Waals surface area contributed by atoms with Gasteiger partial charge in [-0.25, -0.2) is 4.98 Å². The summed E-state index contributed by atoms with van der Waals surface area (Å²) in [6, 6.07) is 7.25. The Balaban J connectivity index is 2.78. The number of methoxy groups -OCH3 is 1. The summed E-state index contributed by atoms with van der Waals surface area (Å²) >= 11 is 5.94. The number of hydrogen-bond donors (Lipinski definition) is 0. The fourth-order valence-corrected chi connectivity index (χ4v) is 1.83. The summed E-state index contributed by atoms with van der Waals surface area (Å²) in [4.78, 5) is 15.5. The monoisotopic (exact) mass is 235 g/mol. The van der Waals surface area contributed by atoms with Crippen molar-refractivity contribution in [1.29, 1.82) is 0 Å². The number of halogens is 1. The van der Waals surface area contributed by atoms with E-state index in [0.717, 1.165) is 5.39 Å². The number of Topliss-reactive ketones (excluding diaryl/α,β-unsaturated/α-hetero) is 1. The minimum absolute atomic E-state index is 0.0952. The Morgan fingerprint density at radius 2 is 2.19 bits per heavy atom. The Morgan fingerprint density at radius 1 is 1.44 bits per heavy atom. The first kappa shape index (κ1) is 10.9. The van der Waals surface area contributed by atoms with E-state index in [0.29, 0.717) is 16.8 Å². The smallest absolute Gasteiger partial charge is 0.162 e. The minimum Gasteiger partial charge on any atom is -0.494 e. The molecule has 0 saturated carbocycles. The van der Waals surface area contributed by atoms with E-state index in [1.165, 1.54) is 6.92 Å². The lowest BCUT2D eigenvalue weighted by atomic mass is 10.1. The van der Waals surface area contributed by atoms with E-state index in [1.807, 2.05) is 12.1 Å². The summed E-state index contributed by atoms with van der Waals surface area (Å²) in [6.45, 7) is 1.47. The van der Waals surface area contributed by atoms with Crippen molar-refractivity contribution in [1.82, 2.24) is 4.98 Å². The lowest BCUT2D eigenvalue weighted by molar-refractivity contribution is 0.101. The summed E-state index contributed by atoms with van der Waals surface area (Å²) < 4.78 is 5.18. The Bertz CT molecular complexity index is 566. The molecule has 2 rings (SSSR count). The number of carbonyl (C=O) groups is 1. The molecule has 0 amide bonds. The van der Waals surface area contributed by atoms with Crippen molar-refractivity contribution in [2.75, 3.05) is 7.11 Å². The Labute approximate surface area is 98.0 Å². The van der Waals surface area contributed by atoms with Crippen LogP contribution < -0.4 is 4.74 Å². The van der Waals surface area contributed by atoms with Crippen LogP contribution in [-0.2, 0) is 0 Å². The van der Waals surface area contributed by atoms with Gasteiger partial charge in [-0.2, -0.15) is 0 Å². The number of aromatic nitrogens is 1. The van der Waals surface area contributed by atoms with Crippen LogP contribution in [0.15, 0.2) is 24.3 Å². The van der Waals surface area contributed by atoms with Gasteiger partial charge in [0.05, 0.1) is 12.7 Å². The van der Waals surface area contributed by atoms with Crippen LogP contribution in [0, 0.1) is 0 Å². The molecule has 0 radical (unpaired) electrons. The average Bonchev–Trinajstić information content (AvgIpc) is 2.27. The fourth-order valence-electron chi connectivity index (χ4n) is 1.56. The van der Waals surface area contributed by atoms with Gasteiger partial charge in [0.15, 0.2) is 5.78 Å². The highest BCUT2D eigenvalue weighted by Crippen LogP contribution is 2.27. The number of fused-ring (bicyclic) bond motifs is 1. The molecule has 0 aliphatic rings. The maximum Gasteiger partial charge on any atom is 0.162 e. The molecule has 0 aliphatic carbocycles. The van der Waals surface area contributed by atoms with Crippen LogP contribution in [0.1, 0.15) is 17.3 Å². The number of para-hydroxylation sites is 1. The van der Waals surface area contributed by atoms with E-state index in [9.17, 15) is 4.79 Å². The SMILES string of the molecule is COc1cccc2cc(C(C)=O)c(Cl)nc12. The number of carbonyl (C=O) groups excluding carboxylic acids is 1. The second kappa shape index (κ2) is 4.10. The molecule has 1 heterocycles. The molecule has 16 heavy (non-hydrogen) atoms. The second-order valence-electron chi connectivity index (χ2n) is 3.41. The maximum atomic E-state index is 11.3. The van der Waals surface area contributed by atoms with Gasteiger partial charge in [0, 0.05) is 5.39 Å². The van der Waals surface area contributed by atoms with E-state index in [2.05, 4.69) is 4.98 Å². The number of pyridine rings is 1. The third kappa shape index (κ3) is 1.74. The van der Waals surface area contributed by atoms with Crippen molar-refractivity contribution < 1.29 is 9.53 Å². The molecule has 1 aromatic heterocycles. The van der Waals surface area contributed by atoms with Crippen LogP contribution in [0.2, 0.25) is 5.15 Å². The van der Waals surface area contributed by atoms with E-state index in [1.54, 1.807) is 19.2 Å². The molecule has 0 unspecified atom stereocenters. The van der Waals surface area contributed by atoms with Crippen molar-refractivity contribution in [3.8, 4) is 5.75 Å². The molecule has 0 aliphatic heterocycles. The highest BCUT2D eigenvalue weighted by atomic mass is 35.5. The molecular weight excluding hydrogens is 226 g/mol. The lowest BCUT2D eigenvalue weighted by Crippen LogP contribution is -1.97. The van der Waals surface area contributed by atoms with Gasteiger partial charge in [-0.3, -0.25) is 4.79 Å². The molecule has 0 atom stereocenters. The summed E-state index contributed by atoms with van der Waals surface area (Å²) in [5.74, 6) is 0.553. The summed E-state index contributed by atoms with van der Waals surface area (Å²) in [6.07, 6.45) is 0. The fraction of sp³-hybridized carbons (Fsp3) is 0.167. The summed E-state index contributed by atoms with van der Waals surface area (Å²) in [5, 5.41) is 1.05. The second-order valence-corrected chi connectivity index (χ2v) is 3.77. The van der Waals surface area contributed by atoms with Crippen molar-refractivity contribution in [3.05, 3.63) is 35.0 Å². The Morgan fingerprint density at radius 3 is 2.81 bits per heavy atom. The van der Waals surface area contributed by atoms with Gasteiger partial charge in [0.2, 0.25) is 0 Å². The normalized spacial score (nSPS) is 10.4. The number of ether oxygens (including phenoxy) is 1. The van der Waals surface area contributed by atoms with Gasteiger partial charge in [-0.15, -0.1) is 0 Å². The van der Waals surface area contributed by atoms with Crippen molar-refractivity contribution in [2.24, 2.45) is 0 Å². The van der Waals surface area contributed by atoms with Crippen molar-refractivity contribution in [3.63, 3.8) is 0 Å². The quantitative estimate of drug-likeness (QED) is 0.593. The Kier molecular flexibility index (Phi) is 2.79. The zero-order valence-corrected chi connectivity index (χ0v) is 9.71. The number of hydrogen-bond acceptors (Lipinski definition) is 3. The predicted molar refractivity (Wildman–Crippen MR) is 63.3 cm³/mol. The van der Waals surface area contributed by atoms with Gasteiger partial charge in [-0.05, 0) is 19.1 Å². The molecule has 82 valence electrons. The summed E-state index contributed by atoms with van der Waals surface area (Å²) in [5.41, 5.74) is 1.10. The number of ketones is 1. The van der Waals surface area contributed by atoms with Gasteiger partial charge in [0.25, 0.3) is 0 Å². The molecule has 3 nitrogen and oxygen atoms in total. The van der Waals surface area contributed by atoms with E-state index < -0.39 is 0 Å². The first-order valence-electron chi connectivity index (χ1n) is 4.77. The van der Waals surface area contributed by atoms with Crippen LogP contribution in [0.25, 0.3) is 10.9 Å². The van der Waals surface area contributed by atoms with Gasteiger partial charge < -0.3 is 4.74 Å². The molecule has 0 bridgehead atoms. The van der Waals surface area contributed by atoms with Crippen LogP contribution >= 0.6 is 11.6 Å². The molecule has 0 fully saturated rings. The number of benzene rings is 1. The maximum absolute atomic E-state index is 11.3. The zero-order valence-electron chi connectivity index (χ0n) is 8.95. The topological polar surface area (TPSA) is 39.2 Å². The standard InChI is InChI=1S/C12H10ClNO2/c1-7(15)9-6-8-4-3-5-10(16-2)11(8)14-12(9)13/h3-6H,1-2H3. The largest absolute Gasteiger partial charge is 0.494 e. The summed E-state index contributed by atoms with van der Waals surface area (Å²) in [7, 11) is 1.57. The molecular formula is C12H10ClNO2. The van der Waals surface area contributed by atoms with Crippen LogP contribution in [0.4, 0.5) is 0 Å². The lowest BCUT2D eigenvalue weighted by Gasteiger charge is -2.06. The van der Waals surface area contributed by atoms with Crippen molar-refractivity contribution >= 4 is 28.3 Å². The minimum atomic E-state index is -0.0952. The third-order valence-corrected chi connectivity index (χ3v) is 2.65. The van der Waals surface area contributed by atoms with Gasteiger partial charge in [0.1, 0.15) is 16.4 Å². The van der Waals surface area contributed by atoms with E-state index in [-0.39, 0.29) is 10.9 Å². The Hall–Kier alpha value is -1.61. The van der Waals surface area contributed by atoms with Gasteiger partial charge in [-0.1, -0.05) is 23.7 Å². The first-order valence-corrected chi connectivity index (χ1v) is 5.15. The van der Waals surface area contributed by atoms with Crippen molar-refractivity contribution in [2.45, 2.75) is 6.92 Å². The van der Waals surface area contributed by atoms with E-state index >= 15 is 0 Å². The van der Waals surface area contributed by atoms with Crippen LogP contribution in [-0.4, -0.2) is 17.9 Å². The molecule has 2 aromatic rings. The van der Waals surface area contributed by atoms with Gasteiger partial charge >= 0.3 is 0 Å². The highest BCUT2D eigenvalue weighted by molar-refractivity contribution is 6.33. The number of nitrogens with zero attached hydrogens (tertiary/aromatic N) is 1. The number of rotatable bonds is 2.